The Labute approximate surface area is 89.6 Å². The van der Waals surface area contributed by atoms with E-state index in [0.29, 0.717) is 5.92 Å². The molecule has 0 amide bonds. The first-order valence-electron chi connectivity index (χ1n) is 5.19. The second kappa shape index (κ2) is 3.39. The fraction of sp³-hybridized carbons (Fsp3) is 0.0667. The topological polar surface area (TPSA) is 0 Å². The lowest BCUT2D eigenvalue weighted by Gasteiger charge is -2.09. The largest absolute Gasteiger partial charge is 0.0726 e. The van der Waals surface area contributed by atoms with Crippen molar-refractivity contribution in [2.45, 2.75) is 5.92 Å². The molecule has 1 atom stereocenters. The highest BCUT2D eigenvalue weighted by Crippen LogP contribution is 2.28. The molecule has 71 valence electrons. The minimum Gasteiger partial charge on any atom is -0.0726 e. The van der Waals surface area contributed by atoms with Gasteiger partial charge in [0.1, 0.15) is 0 Å². The maximum Gasteiger partial charge on any atom is 0.0281 e. The molecule has 0 saturated carbocycles. The van der Waals surface area contributed by atoms with E-state index < -0.39 is 0 Å². The van der Waals surface area contributed by atoms with Crippen LogP contribution in [0.3, 0.4) is 0 Å². The van der Waals surface area contributed by atoms with Crippen LogP contribution >= 0.6 is 0 Å². The molecular weight excluding hydrogens is 180 g/mol. The normalized spacial score (nSPS) is 15.2. The van der Waals surface area contributed by atoms with E-state index >= 15 is 0 Å². The van der Waals surface area contributed by atoms with Gasteiger partial charge in [-0.3, -0.25) is 0 Å². The van der Waals surface area contributed by atoms with E-state index in [2.05, 4.69) is 60.7 Å². The zero-order chi connectivity index (χ0) is 10.1. The standard InChI is InChI=1S/C15H11/c1-2-7-12(6-1)15-11-5-9-13-8-3-4-10-14(13)15/h1-6,8-12H. The van der Waals surface area contributed by atoms with Gasteiger partial charge in [-0.25, -0.2) is 0 Å². The zero-order valence-corrected chi connectivity index (χ0v) is 8.35. The van der Waals surface area contributed by atoms with Gasteiger partial charge in [-0.05, 0) is 22.4 Å². The molecule has 15 heavy (non-hydrogen) atoms. The third-order valence-corrected chi connectivity index (χ3v) is 2.83. The summed E-state index contributed by atoms with van der Waals surface area (Å²) in [6.45, 7) is 0. The van der Waals surface area contributed by atoms with E-state index in [1.165, 1.54) is 16.3 Å². The number of allylic oxidation sites excluding steroid dienone is 4. The van der Waals surface area contributed by atoms with E-state index in [4.69, 9.17) is 0 Å². The molecule has 2 aromatic rings. The Bertz CT molecular complexity index is 529. The van der Waals surface area contributed by atoms with Gasteiger partial charge in [0.2, 0.25) is 0 Å². The summed E-state index contributed by atoms with van der Waals surface area (Å²) < 4.78 is 0. The van der Waals surface area contributed by atoms with Crippen LogP contribution in [0.5, 0.6) is 0 Å². The summed E-state index contributed by atoms with van der Waals surface area (Å²) in [6, 6.07) is 15.0. The average molecular weight is 191 g/mol. The summed E-state index contributed by atoms with van der Waals surface area (Å²) in [7, 11) is 0. The van der Waals surface area contributed by atoms with E-state index in [1.807, 2.05) is 6.08 Å². The van der Waals surface area contributed by atoms with Gasteiger partial charge in [-0.1, -0.05) is 60.7 Å². The zero-order valence-electron chi connectivity index (χ0n) is 8.35. The second-order valence-corrected chi connectivity index (χ2v) is 3.76. The number of rotatable bonds is 1. The monoisotopic (exact) mass is 191 g/mol. The molecule has 0 N–H and O–H groups in total. The number of benzene rings is 2. The van der Waals surface area contributed by atoms with Crippen LogP contribution < -0.4 is 0 Å². The molecule has 3 rings (SSSR count). The molecule has 0 heterocycles. The summed E-state index contributed by atoms with van der Waals surface area (Å²) in [4.78, 5) is 0. The molecule has 0 fully saturated rings. The molecule has 0 aliphatic heterocycles. The van der Waals surface area contributed by atoms with Gasteiger partial charge in [-0.15, -0.1) is 0 Å². The predicted octanol–water partition coefficient (Wildman–Crippen LogP) is 3.85. The Balaban J connectivity index is 2.26. The minimum atomic E-state index is 0.330. The lowest BCUT2D eigenvalue weighted by atomic mass is 9.95. The average Bonchev–Trinajstić information content (AvgIpc) is 2.82. The van der Waals surface area contributed by atoms with Crippen molar-refractivity contribution < 1.29 is 0 Å². The Kier molecular flexibility index (Phi) is 1.92. The van der Waals surface area contributed by atoms with Crippen molar-refractivity contribution in [2.75, 3.05) is 0 Å². The van der Waals surface area contributed by atoms with Crippen LogP contribution in [0.1, 0.15) is 11.5 Å². The van der Waals surface area contributed by atoms with Crippen LogP contribution in [0.2, 0.25) is 0 Å². The number of hydrogen-bond acceptors (Lipinski definition) is 0. The van der Waals surface area contributed by atoms with Crippen molar-refractivity contribution in [1.29, 1.82) is 0 Å². The van der Waals surface area contributed by atoms with Crippen molar-refractivity contribution in [2.24, 2.45) is 0 Å². The summed E-state index contributed by atoms with van der Waals surface area (Å²) in [5.74, 6) is 0.330. The smallest absolute Gasteiger partial charge is 0.0281 e. The molecule has 0 nitrogen and oxygen atoms in total. The minimum absolute atomic E-state index is 0.330. The fourth-order valence-corrected chi connectivity index (χ4v) is 2.10. The maximum absolute atomic E-state index is 3.33. The van der Waals surface area contributed by atoms with E-state index in [-0.39, 0.29) is 0 Å². The van der Waals surface area contributed by atoms with Gasteiger partial charge in [0.05, 0.1) is 0 Å². The molecule has 2 aromatic carbocycles. The van der Waals surface area contributed by atoms with Crippen LogP contribution in [0.25, 0.3) is 10.8 Å². The van der Waals surface area contributed by atoms with Crippen molar-refractivity contribution in [3.63, 3.8) is 0 Å². The Hall–Kier alpha value is -1.82. The van der Waals surface area contributed by atoms with Gasteiger partial charge in [0.15, 0.2) is 0 Å². The van der Waals surface area contributed by atoms with E-state index in [9.17, 15) is 0 Å². The van der Waals surface area contributed by atoms with Crippen LogP contribution in [0.4, 0.5) is 0 Å². The van der Waals surface area contributed by atoms with Crippen molar-refractivity contribution >= 4 is 10.8 Å². The quantitative estimate of drug-likeness (QED) is 0.642. The first-order valence-corrected chi connectivity index (χ1v) is 5.19. The second-order valence-electron chi connectivity index (χ2n) is 3.76. The van der Waals surface area contributed by atoms with Crippen LogP contribution in [-0.2, 0) is 0 Å². The molecule has 0 heteroatoms. The van der Waals surface area contributed by atoms with Gasteiger partial charge in [0.25, 0.3) is 0 Å². The van der Waals surface area contributed by atoms with Crippen molar-refractivity contribution in [3.05, 3.63) is 72.3 Å². The molecule has 1 radical (unpaired) electrons. The molecule has 1 aliphatic rings. The highest BCUT2D eigenvalue weighted by Gasteiger charge is 2.10. The van der Waals surface area contributed by atoms with Gasteiger partial charge >= 0.3 is 0 Å². The summed E-state index contributed by atoms with van der Waals surface area (Å²) in [5, 5.41) is 2.63. The lowest BCUT2D eigenvalue weighted by molar-refractivity contribution is 1.09. The summed E-state index contributed by atoms with van der Waals surface area (Å²) in [5.41, 5.74) is 1.35. The van der Waals surface area contributed by atoms with Gasteiger partial charge < -0.3 is 0 Å². The van der Waals surface area contributed by atoms with Gasteiger partial charge in [0, 0.05) is 5.92 Å². The van der Waals surface area contributed by atoms with Crippen molar-refractivity contribution in [1.82, 2.24) is 0 Å². The maximum atomic E-state index is 3.33. The summed E-state index contributed by atoms with van der Waals surface area (Å²) in [6.07, 6.45) is 9.57. The van der Waals surface area contributed by atoms with Crippen LogP contribution in [-0.4, -0.2) is 0 Å². The van der Waals surface area contributed by atoms with Crippen molar-refractivity contribution in [3.8, 4) is 0 Å². The first kappa shape index (κ1) is 8.49. The molecule has 0 spiro atoms. The molecule has 0 saturated heterocycles. The summed E-state index contributed by atoms with van der Waals surface area (Å²) >= 11 is 0. The van der Waals surface area contributed by atoms with E-state index in [0.717, 1.165) is 0 Å². The Morgan fingerprint density at radius 2 is 1.80 bits per heavy atom. The third kappa shape index (κ3) is 1.39. The number of fused-ring (bicyclic) bond motifs is 1. The highest BCUT2D eigenvalue weighted by molar-refractivity contribution is 5.86. The predicted molar refractivity (Wildman–Crippen MR) is 63.6 cm³/mol. The number of hydrogen-bond donors (Lipinski definition) is 0. The van der Waals surface area contributed by atoms with Crippen LogP contribution in [0.15, 0.2) is 60.7 Å². The molecule has 0 aromatic heterocycles. The molecule has 1 aliphatic carbocycles. The Morgan fingerprint density at radius 3 is 2.67 bits per heavy atom. The lowest BCUT2D eigenvalue weighted by Crippen LogP contribution is -1.90. The molecule has 1 unspecified atom stereocenters. The fourth-order valence-electron chi connectivity index (χ4n) is 2.10. The Morgan fingerprint density at radius 1 is 0.933 bits per heavy atom. The van der Waals surface area contributed by atoms with Gasteiger partial charge in [-0.2, -0.15) is 0 Å². The first-order chi connectivity index (χ1) is 7.45. The molecular formula is C15H11. The molecule has 0 bridgehead atoms. The van der Waals surface area contributed by atoms with Crippen LogP contribution in [0, 0.1) is 6.08 Å². The van der Waals surface area contributed by atoms with E-state index in [1.54, 1.807) is 0 Å². The third-order valence-electron chi connectivity index (χ3n) is 2.83. The SMILES string of the molecule is [C]1=CC=CC1c1cccc2ccccc12. The highest BCUT2D eigenvalue weighted by atomic mass is 14.1.